The summed E-state index contributed by atoms with van der Waals surface area (Å²) in [6.45, 7) is 2.58. The molecule has 0 saturated carbocycles. The summed E-state index contributed by atoms with van der Waals surface area (Å²) in [5.41, 5.74) is 3.51. The van der Waals surface area contributed by atoms with Crippen LogP contribution in [0, 0.1) is 0 Å². The molecule has 1 amide bonds. The minimum atomic E-state index is 0.0531. The number of allylic oxidation sites excluding steroid dienone is 2. The third-order valence-corrected chi connectivity index (χ3v) is 4.43. The summed E-state index contributed by atoms with van der Waals surface area (Å²) in [6.07, 6.45) is 7.55. The quantitative estimate of drug-likeness (QED) is 0.796. The van der Waals surface area contributed by atoms with Crippen molar-refractivity contribution in [3.05, 3.63) is 41.0 Å². The maximum Gasteiger partial charge on any atom is 0.246 e. The first kappa shape index (κ1) is 16.6. The highest BCUT2D eigenvalue weighted by atomic mass is 16.5. The van der Waals surface area contributed by atoms with Crippen LogP contribution in [0.15, 0.2) is 29.9 Å². The Kier molecular flexibility index (Phi) is 5.20. The van der Waals surface area contributed by atoms with Crippen LogP contribution in [0.3, 0.4) is 0 Å². The van der Waals surface area contributed by atoms with E-state index in [-0.39, 0.29) is 5.91 Å². The monoisotopic (exact) mass is 329 g/mol. The second kappa shape index (κ2) is 7.53. The standard InChI is InChI=1S/C19H23NO4/c1-22-17-12-15-5-3-14(11-16(15)13-18(17)23-2)4-6-19(21)20-7-9-24-10-8-20/h4,6,11-13H,3,5,7-10H2,1-2H3/b6-4+. The number of carbonyl (C=O) groups excluding carboxylic acids is 1. The van der Waals surface area contributed by atoms with Crippen LogP contribution in [0.5, 0.6) is 11.5 Å². The van der Waals surface area contributed by atoms with Gasteiger partial charge in [-0.15, -0.1) is 0 Å². The van der Waals surface area contributed by atoms with Crippen LogP contribution in [-0.2, 0) is 16.0 Å². The molecule has 1 fully saturated rings. The van der Waals surface area contributed by atoms with Gasteiger partial charge < -0.3 is 19.1 Å². The van der Waals surface area contributed by atoms with Gasteiger partial charge in [-0.2, -0.15) is 0 Å². The molecule has 1 aliphatic carbocycles. The maximum absolute atomic E-state index is 12.2. The molecule has 1 aromatic carbocycles. The lowest BCUT2D eigenvalue weighted by Gasteiger charge is -2.25. The van der Waals surface area contributed by atoms with Crippen molar-refractivity contribution in [3.8, 4) is 11.5 Å². The Bertz CT molecular complexity index is 672. The van der Waals surface area contributed by atoms with Gasteiger partial charge in [0, 0.05) is 19.2 Å². The normalized spacial score (nSPS) is 17.4. The molecular weight excluding hydrogens is 306 g/mol. The van der Waals surface area contributed by atoms with Gasteiger partial charge in [0.15, 0.2) is 11.5 Å². The Hall–Kier alpha value is -2.27. The van der Waals surface area contributed by atoms with E-state index in [2.05, 4.69) is 6.08 Å². The molecule has 0 radical (unpaired) electrons. The number of methoxy groups -OCH3 is 2. The van der Waals surface area contributed by atoms with E-state index in [0.29, 0.717) is 26.3 Å². The van der Waals surface area contributed by atoms with Crippen LogP contribution in [0.2, 0.25) is 0 Å². The first-order valence-electron chi connectivity index (χ1n) is 8.21. The van der Waals surface area contributed by atoms with Gasteiger partial charge in [0.2, 0.25) is 5.91 Å². The lowest BCUT2D eigenvalue weighted by Crippen LogP contribution is -2.39. The molecule has 0 spiro atoms. The maximum atomic E-state index is 12.2. The summed E-state index contributed by atoms with van der Waals surface area (Å²) < 4.78 is 16.0. The van der Waals surface area contributed by atoms with Crippen LogP contribution in [0.1, 0.15) is 17.5 Å². The fourth-order valence-electron chi connectivity index (χ4n) is 3.04. The molecule has 1 aromatic rings. The van der Waals surface area contributed by atoms with Crippen molar-refractivity contribution in [1.29, 1.82) is 0 Å². The molecule has 128 valence electrons. The lowest BCUT2D eigenvalue weighted by molar-refractivity contribution is -0.129. The molecule has 5 heteroatoms. The summed E-state index contributed by atoms with van der Waals surface area (Å²) >= 11 is 0. The summed E-state index contributed by atoms with van der Waals surface area (Å²) in [4.78, 5) is 14.0. The predicted octanol–water partition coefficient (Wildman–Crippen LogP) is 2.45. The van der Waals surface area contributed by atoms with E-state index >= 15 is 0 Å². The zero-order valence-electron chi connectivity index (χ0n) is 14.2. The average Bonchev–Trinajstić information content (AvgIpc) is 2.65. The van der Waals surface area contributed by atoms with E-state index in [1.54, 1.807) is 20.3 Å². The SMILES string of the molecule is COc1cc2c(cc1OC)CCC(/C=C/C(=O)N1CCOCC1)=C2. The molecule has 0 N–H and O–H groups in total. The summed E-state index contributed by atoms with van der Waals surface area (Å²) in [5, 5.41) is 0. The molecule has 0 bridgehead atoms. The molecule has 0 atom stereocenters. The summed E-state index contributed by atoms with van der Waals surface area (Å²) in [7, 11) is 3.28. The van der Waals surface area contributed by atoms with Gasteiger partial charge in [-0.05, 0) is 41.7 Å². The number of carbonyl (C=O) groups is 1. The predicted molar refractivity (Wildman–Crippen MR) is 92.4 cm³/mol. The van der Waals surface area contributed by atoms with Crippen LogP contribution in [-0.4, -0.2) is 51.3 Å². The molecule has 0 unspecified atom stereocenters. The first-order valence-corrected chi connectivity index (χ1v) is 8.21. The molecule has 24 heavy (non-hydrogen) atoms. The number of ether oxygens (including phenoxy) is 3. The van der Waals surface area contributed by atoms with E-state index in [0.717, 1.165) is 35.5 Å². The molecule has 2 aliphatic rings. The highest BCUT2D eigenvalue weighted by Crippen LogP contribution is 2.35. The highest BCUT2D eigenvalue weighted by molar-refractivity contribution is 5.88. The fraction of sp³-hybridized carbons (Fsp3) is 0.421. The molecule has 1 aliphatic heterocycles. The van der Waals surface area contributed by atoms with Crippen molar-refractivity contribution >= 4 is 12.0 Å². The van der Waals surface area contributed by atoms with E-state index in [4.69, 9.17) is 14.2 Å². The number of benzene rings is 1. The van der Waals surface area contributed by atoms with Gasteiger partial charge in [0.25, 0.3) is 0 Å². The topological polar surface area (TPSA) is 48.0 Å². The molecule has 3 rings (SSSR count). The fourth-order valence-corrected chi connectivity index (χ4v) is 3.04. The Labute approximate surface area is 142 Å². The Morgan fingerprint density at radius 1 is 1.12 bits per heavy atom. The number of amides is 1. The number of nitrogens with zero attached hydrogens (tertiary/aromatic N) is 1. The van der Waals surface area contributed by atoms with Gasteiger partial charge >= 0.3 is 0 Å². The number of morpholine rings is 1. The Morgan fingerprint density at radius 3 is 2.54 bits per heavy atom. The molecule has 1 saturated heterocycles. The number of fused-ring (bicyclic) bond motifs is 1. The number of hydrogen-bond acceptors (Lipinski definition) is 4. The molecular formula is C19H23NO4. The van der Waals surface area contributed by atoms with Crippen LogP contribution < -0.4 is 9.47 Å². The highest BCUT2D eigenvalue weighted by Gasteiger charge is 2.16. The first-order chi connectivity index (χ1) is 11.7. The van der Waals surface area contributed by atoms with Gasteiger partial charge in [-0.3, -0.25) is 4.79 Å². The van der Waals surface area contributed by atoms with E-state index in [1.165, 1.54) is 5.56 Å². The van der Waals surface area contributed by atoms with E-state index in [1.807, 2.05) is 23.1 Å². The van der Waals surface area contributed by atoms with E-state index in [9.17, 15) is 4.79 Å². The zero-order valence-corrected chi connectivity index (χ0v) is 14.2. The van der Waals surface area contributed by atoms with Crippen molar-refractivity contribution in [2.24, 2.45) is 0 Å². The molecule has 0 aromatic heterocycles. The lowest BCUT2D eigenvalue weighted by atomic mass is 9.91. The van der Waals surface area contributed by atoms with Gasteiger partial charge in [0.1, 0.15) is 0 Å². The van der Waals surface area contributed by atoms with Gasteiger partial charge in [-0.1, -0.05) is 12.2 Å². The average molecular weight is 329 g/mol. The van der Waals surface area contributed by atoms with E-state index < -0.39 is 0 Å². The minimum absolute atomic E-state index is 0.0531. The summed E-state index contributed by atoms with van der Waals surface area (Å²) in [6, 6.07) is 4.02. The molecule has 5 nitrogen and oxygen atoms in total. The van der Waals surface area contributed by atoms with Gasteiger partial charge in [-0.25, -0.2) is 0 Å². The minimum Gasteiger partial charge on any atom is -0.493 e. The van der Waals surface area contributed by atoms with Crippen molar-refractivity contribution in [1.82, 2.24) is 4.90 Å². The smallest absolute Gasteiger partial charge is 0.246 e. The van der Waals surface area contributed by atoms with Gasteiger partial charge in [0.05, 0.1) is 27.4 Å². The second-order valence-corrected chi connectivity index (χ2v) is 5.90. The number of aryl methyl sites for hydroxylation is 1. The second-order valence-electron chi connectivity index (χ2n) is 5.90. The number of hydrogen-bond donors (Lipinski definition) is 0. The van der Waals surface area contributed by atoms with Crippen LogP contribution >= 0.6 is 0 Å². The molecule has 1 heterocycles. The largest absolute Gasteiger partial charge is 0.493 e. The van der Waals surface area contributed by atoms with Crippen molar-refractivity contribution < 1.29 is 19.0 Å². The third kappa shape index (κ3) is 3.62. The Balaban J connectivity index is 1.75. The van der Waals surface area contributed by atoms with Crippen molar-refractivity contribution in [3.63, 3.8) is 0 Å². The zero-order chi connectivity index (χ0) is 16.9. The Morgan fingerprint density at radius 2 is 1.83 bits per heavy atom. The van der Waals surface area contributed by atoms with Crippen molar-refractivity contribution in [2.75, 3.05) is 40.5 Å². The van der Waals surface area contributed by atoms with Crippen LogP contribution in [0.25, 0.3) is 6.08 Å². The third-order valence-electron chi connectivity index (χ3n) is 4.43. The van der Waals surface area contributed by atoms with Crippen LogP contribution in [0.4, 0.5) is 0 Å². The summed E-state index contributed by atoms with van der Waals surface area (Å²) in [5.74, 6) is 1.53. The number of rotatable bonds is 4. The van der Waals surface area contributed by atoms with Crippen molar-refractivity contribution in [2.45, 2.75) is 12.8 Å².